The highest BCUT2D eigenvalue weighted by molar-refractivity contribution is 5.18. The van der Waals surface area contributed by atoms with E-state index >= 15 is 0 Å². The number of ether oxygens (including phenoxy) is 2. The third-order valence-electron chi connectivity index (χ3n) is 9.71. The van der Waals surface area contributed by atoms with Crippen molar-refractivity contribution in [1.82, 2.24) is 0 Å². The van der Waals surface area contributed by atoms with Crippen molar-refractivity contribution in [3.05, 3.63) is 0 Å². The van der Waals surface area contributed by atoms with Crippen LogP contribution in [0.1, 0.15) is 72.6 Å². The lowest BCUT2D eigenvalue weighted by Gasteiger charge is -2.63. The van der Waals surface area contributed by atoms with Gasteiger partial charge >= 0.3 is 0 Å². The van der Waals surface area contributed by atoms with Crippen molar-refractivity contribution in [3.8, 4) is 12.3 Å². The van der Waals surface area contributed by atoms with Crippen LogP contribution < -0.4 is 0 Å². The molecule has 5 aliphatic rings. The van der Waals surface area contributed by atoms with E-state index in [2.05, 4.69) is 33.6 Å². The summed E-state index contributed by atoms with van der Waals surface area (Å²) < 4.78 is 13.2. The van der Waals surface area contributed by atoms with Gasteiger partial charge in [-0.25, -0.2) is 0 Å². The summed E-state index contributed by atoms with van der Waals surface area (Å²) in [4.78, 5) is 0. The zero-order valence-electron chi connectivity index (χ0n) is 17.4. The fraction of sp³-hybridized carbons (Fsp3) is 0.917. The Morgan fingerprint density at radius 1 is 0.852 bits per heavy atom. The zero-order chi connectivity index (χ0) is 19.2. The van der Waals surface area contributed by atoms with Crippen LogP contribution in [0.5, 0.6) is 0 Å². The highest BCUT2D eigenvalue weighted by atomic mass is 16.8. The van der Waals surface area contributed by atoms with Crippen LogP contribution in [0, 0.1) is 52.8 Å². The van der Waals surface area contributed by atoms with Crippen molar-refractivity contribution >= 4 is 0 Å². The average Bonchev–Trinajstić information content (AvgIpc) is 3.11. The van der Waals surface area contributed by atoms with Crippen LogP contribution in [-0.4, -0.2) is 29.2 Å². The molecule has 5 rings (SSSR count). The Bertz CT molecular complexity index is 665. The predicted molar refractivity (Wildman–Crippen MR) is 105 cm³/mol. The number of fused-ring (bicyclic) bond motifs is 8. The molecule has 27 heavy (non-hydrogen) atoms. The first kappa shape index (κ1) is 18.5. The van der Waals surface area contributed by atoms with Gasteiger partial charge in [-0.1, -0.05) is 13.8 Å². The lowest BCUT2D eigenvalue weighted by atomic mass is 9.43. The van der Waals surface area contributed by atoms with Gasteiger partial charge in [-0.2, -0.15) is 0 Å². The van der Waals surface area contributed by atoms with Crippen LogP contribution in [0.3, 0.4) is 0 Å². The van der Waals surface area contributed by atoms with Crippen molar-refractivity contribution in [1.29, 1.82) is 0 Å². The predicted octanol–water partition coefficient (Wildman–Crippen LogP) is 4.38. The van der Waals surface area contributed by atoms with Crippen molar-refractivity contribution < 1.29 is 14.6 Å². The van der Waals surface area contributed by atoms with Gasteiger partial charge in [0.05, 0.1) is 18.3 Å². The maximum atomic E-state index is 10.4. The number of hydrogen-bond acceptors (Lipinski definition) is 3. The van der Waals surface area contributed by atoms with E-state index < -0.39 is 5.79 Å². The molecule has 3 heteroatoms. The summed E-state index contributed by atoms with van der Waals surface area (Å²) in [6.07, 6.45) is 13.9. The molecule has 0 aromatic carbocycles. The molecule has 1 heterocycles. The number of aliphatic hydroxyl groups excluding tert-OH is 1. The Labute approximate surface area is 164 Å². The van der Waals surface area contributed by atoms with Crippen LogP contribution in [-0.2, 0) is 9.47 Å². The third-order valence-corrected chi connectivity index (χ3v) is 9.71. The van der Waals surface area contributed by atoms with Gasteiger partial charge in [-0.05, 0) is 93.3 Å². The molecule has 10 atom stereocenters. The molecule has 0 bridgehead atoms. The number of terminal acetylenes is 1. The topological polar surface area (TPSA) is 38.7 Å². The van der Waals surface area contributed by atoms with Crippen molar-refractivity contribution in [2.24, 2.45) is 40.4 Å². The van der Waals surface area contributed by atoms with E-state index in [1.165, 1.54) is 25.7 Å². The molecule has 4 saturated carbocycles. The quantitative estimate of drug-likeness (QED) is 0.641. The highest BCUT2D eigenvalue weighted by Gasteiger charge is 2.68. The largest absolute Gasteiger partial charge is 0.393 e. The summed E-state index contributed by atoms with van der Waals surface area (Å²) in [5.74, 6) is 5.30. The van der Waals surface area contributed by atoms with Gasteiger partial charge in [0.25, 0.3) is 0 Å². The van der Waals surface area contributed by atoms with E-state index in [4.69, 9.17) is 15.9 Å². The second-order valence-electron chi connectivity index (χ2n) is 11.2. The van der Waals surface area contributed by atoms with Gasteiger partial charge in [0, 0.05) is 5.92 Å². The Kier molecular flexibility index (Phi) is 3.93. The molecular weight excluding hydrogens is 336 g/mol. The van der Waals surface area contributed by atoms with Crippen molar-refractivity contribution in [2.75, 3.05) is 0 Å². The Balaban J connectivity index is 1.58. The van der Waals surface area contributed by atoms with Gasteiger partial charge in [-0.3, -0.25) is 0 Å². The first-order chi connectivity index (χ1) is 12.7. The molecule has 5 fully saturated rings. The summed E-state index contributed by atoms with van der Waals surface area (Å²) in [5, 5.41) is 10.4. The Morgan fingerprint density at radius 2 is 1.52 bits per heavy atom. The van der Waals surface area contributed by atoms with Crippen LogP contribution in [0.25, 0.3) is 0 Å². The molecule has 1 aliphatic heterocycles. The van der Waals surface area contributed by atoms with Gasteiger partial charge in [0.1, 0.15) is 0 Å². The summed E-state index contributed by atoms with van der Waals surface area (Å²) in [6, 6.07) is 0. The summed E-state index contributed by atoms with van der Waals surface area (Å²) in [6.45, 7) is 9.10. The molecular formula is C24H36O3. The van der Waals surface area contributed by atoms with Crippen LogP contribution in [0.2, 0.25) is 0 Å². The second kappa shape index (κ2) is 5.74. The van der Waals surface area contributed by atoms with Gasteiger partial charge < -0.3 is 14.6 Å². The maximum absolute atomic E-state index is 10.4. The van der Waals surface area contributed by atoms with E-state index in [1.54, 1.807) is 0 Å². The minimum absolute atomic E-state index is 0.119. The van der Waals surface area contributed by atoms with E-state index in [0.29, 0.717) is 29.6 Å². The summed E-state index contributed by atoms with van der Waals surface area (Å²) in [5.41, 5.74) is 0.512. The summed E-state index contributed by atoms with van der Waals surface area (Å²) >= 11 is 0. The molecule has 1 N–H and O–H groups in total. The zero-order valence-corrected chi connectivity index (χ0v) is 17.4. The third kappa shape index (κ3) is 2.39. The normalized spacial score (nSPS) is 58.5. The van der Waals surface area contributed by atoms with Crippen LogP contribution >= 0.6 is 0 Å². The van der Waals surface area contributed by atoms with E-state index in [0.717, 1.165) is 19.3 Å². The molecule has 0 spiro atoms. The average molecular weight is 373 g/mol. The standard InChI is InChI=1S/C24H36O3/c1-6-14-7-8-16-19-17(10-12-23(14,16)4)24(5)11-9-15(25)13-18(24)20-21(19)27-22(2,3)26-20/h1,14-21,25H,7-13H2,2-5H3/t14-,15+,16?,17?,18?,19?,20+,21+,23+,24+/m0/s1. The number of rotatable bonds is 0. The fourth-order valence-corrected chi connectivity index (χ4v) is 8.44. The minimum atomic E-state index is -0.522. The Morgan fingerprint density at radius 3 is 2.26 bits per heavy atom. The SMILES string of the molecule is C#C[C@H]1CCC2C3C(CC[C@@]21C)[C@@]1(C)CC[C@@H](O)CC1[C@H]1OC(C)(C)O[C@H]31. The lowest BCUT2D eigenvalue weighted by molar-refractivity contribution is -0.187. The molecule has 4 aliphatic carbocycles. The molecule has 4 unspecified atom stereocenters. The minimum Gasteiger partial charge on any atom is -0.393 e. The first-order valence-electron chi connectivity index (χ1n) is 11.2. The maximum Gasteiger partial charge on any atom is 0.163 e. The highest BCUT2D eigenvalue weighted by Crippen LogP contribution is 2.69. The molecule has 0 aromatic heterocycles. The molecule has 150 valence electrons. The van der Waals surface area contributed by atoms with Crippen molar-refractivity contribution in [3.63, 3.8) is 0 Å². The Hall–Kier alpha value is -0.560. The number of hydrogen-bond donors (Lipinski definition) is 1. The van der Waals surface area contributed by atoms with E-state index in [9.17, 15) is 5.11 Å². The fourth-order valence-electron chi connectivity index (χ4n) is 8.44. The molecule has 0 aromatic rings. The molecule has 3 nitrogen and oxygen atoms in total. The van der Waals surface area contributed by atoms with Gasteiger partial charge in [-0.15, -0.1) is 12.3 Å². The van der Waals surface area contributed by atoms with Gasteiger partial charge in [0.2, 0.25) is 0 Å². The van der Waals surface area contributed by atoms with E-state index in [-0.39, 0.29) is 29.1 Å². The van der Waals surface area contributed by atoms with Gasteiger partial charge in [0.15, 0.2) is 5.79 Å². The first-order valence-corrected chi connectivity index (χ1v) is 11.2. The molecule has 1 saturated heterocycles. The van der Waals surface area contributed by atoms with E-state index in [1.807, 2.05) is 0 Å². The monoisotopic (exact) mass is 372 g/mol. The molecule has 0 amide bonds. The smallest absolute Gasteiger partial charge is 0.163 e. The lowest BCUT2D eigenvalue weighted by Crippen LogP contribution is -2.63. The second-order valence-corrected chi connectivity index (χ2v) is 11.2. The number of aliphatic hydroxyl groups is 1. The van der Waals surface area contributed by atoms with Crippen LogP contribution in [0.15, 0.2) is 0 Å². The van der Waals surface area contributed by atoms with Crippen LogP contribution in [0.4, 0.5) is 0 Å². The van der Waals surface area contributed by atoms with Crippen molar-refractivity contribution in [2.45, 2.75) is 96.7 Å². The molecule has 0 radical (unpaired) electrons. The summed E-state index contributed by atoms with van der Waals surface area (Å²) in [7, 11) is 0.